The SMILES string of the molecule is CCOc1ccc2c(/C(N)=N/N)c(-c3ccc(NC(=O)NC4CCC4)cc3)n(C3CCC3)c2c1. The van der Waals surface area contributed by atoms with Crippen molar-refractivity contribution in [2.45, 2.75) is 57.5 Å². The average molecular weight is 461 g/mol. The third-order valence-corrected chi connectivity index (χ3v) is 6.98. The molecule has 8 heteroatoms. The molecule has 0 unspecified atom stereocenters. The van der Waals surface area contributed by atoms with E-state index in [4.69, 9.17) is 16.3 Å². The Bertz CT molecular complexity index is 1220. The molecule has 2 amide bonds. The lowest BCUT2D eigenvalue weighted by Gasteiger charge is -2.30. The Hall–Kier alpha value is -3.68. The van der Waals surface area contributed by atoms with E-state index in [-0.39, 0.29) is 6.03 Å². The van der Waals surface area contributed by atoms with Gasteiger partial charge in [0, 0.05) is 29.2 Å². The number of amides is 2. The zero-order chi connectivity index (χ0) is 23.7. The fourth-order valence-corrected chi connectivity index (χ4v) is 4.80. The van der Waals surface area contributed by atoms with Gasteiger partial charge < -0.3 is 31.5 Å². The van der Waals surface area contributed by atoms with Crippen LogP contribution >= 0.6 is 0 Å². The molecule has 178 valence electrons. The average Bonchev–Trinajstić information content (AvgIpc) is 3.09. The number of carbonyl (C=O) groups is 1. The number of aromatic nitrogens is 1. The van der Waals surface area contributed by atoms with Crippen LogP contribution in [0, 0.1) is 0 Å². The predicted octanol–water partition coefficient (Wildman–Crippen LogP) is 4.69. The first-order valence-corrected chi connectivity index (χ1v) is 12.1. The number of ether oxygens (including phenoxy) is 1. The van der Waals surface area contributed by atoms with Crippen LogP contribution in [0.1, 0.15) is 57.1 Å². The second-order valence-electron chi connectivity index (χ2n) is 9.11. The van der Waals surface area contributed by atoms with Gasteiger partial charge in [-0.2, -0.15) is 5.10 Å². The first-order valence-electron chi connectivity index (χ1n) is 12.1. The van der Waals surface area contributed by atoms with Crippen molar-refractivity contribution in [1.82, 2.24) is 9.88 Å². The molecule has 2 aliphatic carbocycles. The molecule has 2 aliphatic rings. The fourth-order valence-electron chi connectivity index (χ4n) is 4.80. The van der Waals surface area contributed by atoms with E-state index < -0.39 is 0 Å². The molecule has 0 atom stereocenters. The van der Waals surface area contributed by atoms with E-state index in [0.717, 1.165) is 64.8 Å². The highest BCUT2D eigenvalue weighted by molar-refractivity contribution is 6.14. The van der Waals surface area contributed by atoms with E-state index in [1.165, 1.54) is 12.8 Å². The van der Waals surface area contributed by atoms with Crippen molar-refractivity contribution in [3.63, 3.8) is 0 Å². The van der Waals surface area contributed by atoms with Crippen LogP contribution in [0.3, 0.4) is 0 Å². The normalized spacial score (nSPS) is 16.7. The lowest BCUT2D eigenvalue weighted by Crippen LogP contribution is -2.41. The van der Waals surface area contributed by atoms with Gasteiger partial charge in [-0.3, -0.25) is 0 Å². The van der Waals surface area contributed by atoms with Crippen molar-refractivity contribution in [3.8, 4) is 17.0 Å². The molecule has 3 aromatic rings. The summed E-state index contributed by atoms with van der Waals surface area (Å²) in [5.74, 6) is 6.78. The first-order chi connectivity index (χ1) is 16.6. The van der Waals surface area contributed by atoms with Gasteiger partial charge in [-0.1, -0.05) is 12.1 Å². The number of urea groups is 1. The summed E-state index contributed by atoms with van der Waals surface area (Å²) < 4.78 is 8.15. The van der Waals surface area contributed by atoms with E-state index in [1.807, 2.05) is 43.3 Å². The molecule has 6 N–H and O–H groups in total. The number of carbonyl (C=O) groups excluding carboxylic acids is 1. The molecule has 8 nitrogen and oxygen atoms in total. The lowest BCUT2D eigenvalue weighted by atomic mass is 9.92. The van der Waals surface area contributed by atoms with E-state index in [0.29, 0.717) is 24.5 Å². The molecule has 0 aliphatic heterocycles. The van der Waals surface area contributed by atoms with Crippen molar-refractivity contribution in [3.05, 3.63) is 48.0 Å². The Morgan fingerprint density at radius 3 is 2.44 bits per heavy atom. The minimum absolute atomic E-state index is 0.162. The minimum atomic E-state index is -0.162. The van der Waals surface area contributed by atoms with Crippen LogP contribution in [0.4, 0.5) is 10.5 Å². The molecule has 0 bridgehead atoms. The van der Waals surface area contributed by atoms with Crippen LogP contribution < -0.4 is 26.9 Å². The van der Waals surface area contributed by atoms with Crippen LogP contribution in [0.25, 0.3) is 22.2 Å². The number of hydrogen-bond acceptors (Lipinski definition) is 4. The zero-order valence-electron chi connectivity index (χ0n) is 19.5. The molecular formula is C26H32N6O2. The number of anilines is 1. The molecule has 0 saturated heterocycles. The highest BCUT2D eigenvalue weighted by atomic mass is 16.5. The van der Waals surface area contributed by atoms with Gasteiger partial charge in [0.05, 0.1) is 23.4 Å². The fraction of sp³-hybridized carbons (Fsp3) is 0.385. The second-order valence-corrected chi connectivity index (χ2v) is 9.11. The number of nitrogens with zero attached hydrogens (tertiary/aromatic N) is 2. The van der Waals surface area contributed by atoms with Gasteiger partial charge >= 0.3 is 6.03 Å². The third kappa shape index (κ3) is 4.04. The van der Waals surface area contributed by atoms with Gasteiger partial charge in [0.25, 0.3) is 0 Å². The highest BCUT2D eigenvalue weighted by Gasteiger charge is 2.29. The maximum atomic E-state index is 12.3. The summed E-state index contributed by atoms with van der Waals surface area (Å²) in [5.41, 5.74) is 11.0. The Labute approximate surface area is 199 Å². The van der Waals surface area contributed by atoms with E-state index in [1.54, 1.807) is 0 Å². The Morgan fingerprint density at radius 2 is 1.85 bits per heavy atom. The standard InChI is InChI=1S/C26H32N6O2/c1-2-34-20-13-14-21-22(15-20)32(19-7-4-8-19)24(23(21)25(27)31-28)16-9-11-18(12-10-16)30-26(33)29-17-5-3-6-17/h9-15,17,19H,2-8,28H2,1H3,(H2,27,31)(H2,29,30,33). The molecule has 2 saturated carbocycles. The summed E-state index contributed by atoms with van der Waals surface area (Å²) in [6.45, 7) is 2.58. The molecular weight excluding hydrogens is 428 g/mol. The monoisotopic (exact) mass is 460 g/mol. The van der Waals surface area contributed by atoms with Crippen molar-refractivity contribution >= 4 is 28.5 Å². The molecule has 1 aromatic heterocycles. The summed E-state index contributed by atoms with van der Waals surface area (Å²) in [7, 11) is 0. The molecule has 34 heavy (non-hydrogen) atoms. The number of nitrogens with two attached hydrogens (primary N) is 2. The molecule has 0 radical (unpaired) electrons. The van der Waals surface area contributed by atoms with Gasteiger partial charge in [-0.05, 0) is 75.3 Å². The van der Waals surface area contributed by atoms with Crippen LogP contribution in [0.2, 0.25) is 0 Å². The number of rotatable bonds is 7. The second kappa shape index (κ2) is 9.29. The van der Waals surface area contributed by atoms with Gasteiger partial charge in [-0.15, -0.1) is 0 Å². The Morgan fingerprint density at radius 1 is 1.12 bits per heavy atom. The quantitative estimate of drug-likeness (QED) is 0.177. The van der Waals surface area contributed by atoms with Crippen LogP contribution in [0.15, 0.2) is 47.6 Å². The number of hydrogen-bond donors (Lipinski definition) is 4. The van der Waals surface area contributed by atoms with Crippen molar-refractivity contribution < 1.29 is 9.53 Å². The number of fused-ring (bicyclic) bond motifs is 1. The number of benzene rings is 2. The van der Waals surface area contributed by atoms with Gasteiger partial charge in [-0.25, -0.2) is 4.79 Å². The molecule has 2 aromatic carbocycles. The summed E-state index contributed by atoms with van der Waals surface area (Å²) in [6, 6.07) is 14.4. The molecule has 0 spiro atoms. The Balaban J connectivity index is 1.56. The highest BCUT2D eigenvalue weighted by Crippen LogP contribution is 2.43. The number of amidine groups is 1. The largest absolute Gasteiger partial charge is 0.494 e. The number of hydrazone groups is 1. The van der Waals surface area contributed by atoms with Gasteiger partial charge in [0.1, 0.15) is 5.75 Å². The maximum Gasteiger partial charge on any atom is 0.319 e. The summed E-state index contributed by atoms with van der Waals surface area (Å²) in [6.07, 6.45) is 6.69. The summed E-state index contributed by atoms with van der Waals surface area (Å²) >= 11 is 0. The molecule has 2 fully saturated rings. The lowest BCUT2D eigenvalue weighted by molar-refractivity contribution is 0.240. The smallest absolute Gasteiger partial charge is 0.319 e. The van der Waals surface area contributed by atoms with Gasteiger partial charge in [0.15, 0.2) is 5.84 Å². The van der Waals surface area contributed by atoms with Crippen LogP contribution in [-0.4, -0.2) is 29.1 Å². The molecule has 5 rings (SSSR count). The Kier molecular flexibility index (Phi) is 6.04. The third-order valence-electron chi connectivity index (χ3n) is 6.98. The van der Waals surface area contributed by atoms with Crippen molar-refractivity contribution in [1.29, 1.82) is 0 Å². The van der Waals surface area contributed by atoms with Gasteiger partial charge in [0.2, 0.25) is 0 Å². The van der Waals surface area contributed by atoms with E-state index >= 15 is 0 Å². The minimum Gasteiger partial charge on any atom is -0.494 e. The zero-order valence-corrected chi connectivity index (χ0v) is 19.5. The maximum absolute atomic E-state index is 12.3. The van der Waals surface area contributed by atoms with Crippen molar-refractivity contribution in [2.75, 3.05) is 11.9 Å². The van der Waals surface area contributed by atoms with Crippen LogP contribution in [-0.2, 0) is 0 Å². The van der Waals surface area contributed by atoms with E-state index in [2.05, 4.69) is 26.4 Å². The van der Waals surface area contributed by atoms with E-state index in [9.17, 15) is 4.79 Å². The topological polar surface area (TPSA) is 120 Å². The first kappa shape index (κ1) is 22.1. The predicted molar refractivity (Wildman–Crippen MR) is 136 cm³/mol. The molecule has 1 heterocycles. The summed E-state index contributed by atoms with van der Waals surface area (Å²) in [4.78, 5) is 12.3. The van der Waals surface area contributed by atoms with Crippen LogP contribution in [0.5, 0.6) is 5.75 Å². The van der Waals surface area contributed by atoms with Crippen molar-refractivity contribution in [2.24, 2.45) is 16.7 Å². The summed E-state index contributed by atoms with van der Waals surface area (Å²) in [5, 5.41) is 10.8. The number of nitrogens with one attached hydrogen (secondary N) is 2.